The highest BCUT2D eigenvalue weighted by Crippen LogP contribution is 2.41. The van der Waals surface area contributed by atoms with Gasteiger partial charge in [0.15, 0.2) is 0 Å². The zero-order valence-corrected chi connectivity index (χ0v) is 19.3. The summed E-state index contributed by atoms with van der Waals surface area (Å²) in [4.78, 5) is 18.2. The molecule has 8 heteroatoms. The van der Waals surface area contributed by atoms with Gasteiger partial charge in [-0.15, -0.1) is 0 Å². The molecule has 1 atom stereocenters. The minimum absolute atomic E-state index is 0.182. The minimum atomic E-state index is -0.199. The zero-order chi connectivity index (χ0) is 23.1. The van der Waals surface area contributed by atoms with Crippen LogP contribution in [0.1, 0.15) is 66.0 Å². The fraction of sp³-hybridized carbons (Fsp3) is 0.360. The van der Waals surface area contributed by atoms with Crippen molar-refractivity contribution in [3.63, 3.8) is 0 Å². The van der Waals surface area contributed by atoms with Crippen LogP contribution in [0, 0.1) is 6.92 Å². The maximum Gasteiger partial charge on any atom is 0.259 e. The van der Waals surface area contributed by atoms with Crippen LogP contribution in [0.4, 0.5) is 0 Å². The summed E-state index contributed by atoms with van der Waals surface area (Å²) in [5.41, 5.74) is 5.27. The number of nitrogens with one attached hydrogen (secondary N) is 1. The SMILES string of the molecule is CCn1ncc([C@H](C)NC(=O)c2cc(C3CC3)nc3onc(-c4ccc(OC)cc4)c23)c1C. The van der Waals surface area contributed by atoms with Gasteiger partial charge in [0.1, 0.15) is 11.4 Å². The maximum absolute atomic E-state index is 13.6. The quantitative estimate of drug-likeness (QED) is 0.439. The van der Waals surface area contributed by atoms with Gasteiger partial charge in [-0.2, -0.15) is 5.10 Å². The molecule has 0 aliphatic heterocycles. The highest BCUT2D eigenvalue weighted by molar-refractivity contribution is 6.09. The van der Waals surface area contributed by atoms with E-state index in [1.165, 1.54) is 0 Å². The Morgan fingerprint density at radius 3 is 2.70 bits per heavy atom. The monoisotopic (exact) mass is 445 g/mol. The van der Waals surface area contributed by atoms with E-state index < -0.39 is 0 Å². The molecule has 170 valence electrons. The van der Waals surface area contributed by atoms with E-state index in [9.17, 15) is 4.79 Å². The number of rotatable bonds is 7. The van der Waals surface area contributed by atoms with Gasteiger partial charge in [-0.25, -0.2) is 4.98 Å². The maximum atomic E-state index is 13.6. The van der Waals surface area contributed by atoms with Gasteiger partial charge in [-0.1, -0.05) is 5.16 Å². The predicted molar refractivity (Wildman–Crippen MR) is 124 cm³/mol. The van der Waals surface area contributed by atoms with Crippen LogP contribution in [0.5, 0.6) is 5.75 Å². The molecule has 3 aromatic heterocycles. The molecule has 33 heavy (non-hydrogen) atoms. The number of aromatic nitrogens is 4. The van der Waals surface area contributed by atoms with E-state index in [1.54, 1.807) is 7.11 Å². The lowest BCUT2D eigenvalue weighted by Crippen LogP contribution is -2.27. The molecule has 4 aromatic rings. The molecule has 1 N–H and O–H groups in total. The number of carbonyl (C=O) groups is 1. The van der Waals surface area contributed by atoms with Crippen LogP contribution in [-0.2, 0) is 6.54 Å². The Morgan fingerprint density at radius 2 is 2.06 bits per heavy atom. The van der Waals surface area contributed by atoms with E-state index in [4.69, 9.17) is 9.26 Å². The number of amides is 1. The van der Waals surface area contributed by atoms with Crippen molar-refractivity contribution in [2.75, 3.05) is 7.11 Å². The Labute approximate surface area is 191 Å². The minimum Gasteiger partial charge on any atom is -0.497 e. The normalized spacial score (nSPS) is 14.4. The number of nitrogens with zero attached hydrogens (tertiary/aromatic N) is 4. The van der Waals surface area contributed by atoms with Gasteiger partial charge in [0.05, 0.1) is 30.3 Å². The summed E-state index contributed by atoms with van der Waals surface area (Å²) in [6.45, 7) is 6.83. The molecule has 1 fully saturated rings. The molecular formula is C25H27N5O3. The Balaban J connectivity index is 1.55. The van der Waals surface area contributed by atoms with Crippen LogP contribution < -0.4 is 10.1 Å². The summed E-state index contributed by atoms with van der Waals surface area (Å²) >= 11 is 0. The summed E-state index contributed by atoms with van der Waals surface area (Å²) in [6, 6.07) is 9.22. The molecule has 1 aromatic carbocycles. The number of aryl methyl sites for hydroxylation is 1. The van der Waals surface area contributed by atoms with Gasteiger partial charge in [-0.3, -0.25) is 9.48 Å². The second-order valence-electron chi connectivity index (χ2n) is 8.51. The van der Waals surface area contributed by atoms with Gasteiger partial charge in [0, 0.05) is 35.0 Å². The molecule has 5 rings (SSSR count). The molecule has 0 bridgehead atoms. The van der Waals surface area contributed by atoms with Crippen molar-refractivity contribution in [1.29, 1.82) is 0 Å². The van der Waals surface area contributed by atoms with E-state index in [0.717, 1.165) is 47.7 Å². The summed E-state index contributed by atoms with van der Waals surface area (Å²) in [6.07, 6.45) is 3.97. The fourth-order valence-corrected chi connectivity index (χ4v) is 4.24. The molecular weight excluding hydrogens is 418 g/mol. The average molecular weight is 446 g/mol. The molecule has 0 saturated heterocycles. The predicted octanol–water partition coefficient (Wildman–Crippen LogP) is 4.79. The first kappa shape index (κ1) is 21.2. The fourth-order valence-electron chi connectivity index (χ4n) is 4.24. The molecule has 3 heterocycles. The van der Waals surface area contributed by atoms with Crippen molar-refractivity contribution in [3.05, 3.63) is 59.0 Å². The van der Waals surface area contributed by atoms with Crippen LogP contribution in [0.15, 0.2) is 41.1 Å². The van der Waals surface area contributed by atoms with Gasteiger partial charge in [0.25, 0.3) is 11.6 Å². The molecule has 0 unspecified atom stereocenters. The molecule has 0 radical (unpaired) electrons. The number of hydrogen-bond acceptors (Lipinski definition) is 6. The van der Waals surface area contributed by atoms with Crippen molar-refractivity contribution in [2.45, 2.75) is 52.1 Å². The van der Waals surface area contributed by atoms with Gasteiger partial charge < -0.3 is 14.6 Å². The lowest BCUT2D eigenvalue weighted by molar-refractivity contribution is 0.0941. The number of hydrogen-bond donors (Lipinski definition) is 1. The first-order valence-corrected chi connectivity index (χ1v) is 11.3. The second kappa shape index (κ2) is 8.35. The smallest absolute Gasteiger partial charge is 0.259 e. The van der Waals surface area contributed by atoms with E-state index >= 15 is 0 Å². The Bertz CT molecular complexity index is 1320. The van der Waals surface area contributed by atoms with Crippen molar-refractivity contribution >= 4 is 17.0 Å². The van der Waals surface area contributed by atoms with Gasteiger partial charge in [-0.05, 0) is 63.9 Å². The Kier molecular flexibility index (Phi) is 5.36. The second-order valence-corrected chi connectivity index (χ2v) is 8.51. The van der Waals surface area contributed by atoms with Gasteiger partial charge >= 0.3 is 0 Å². The Hall–Kier alpha value is -3.68. The van der Waals surface area contributed by atoms with E-state index in [0.29, 0.717) is 28.3 Å². The third-order valence-electron chi connectivity index (χ3n) is 6.32. The third kappa shape index (κ3) is 3.86. The first-order valence-electron chi connectivity index (χ1n) is 11.3. The van der Waals surface area contributed by atoms with E-state index in [2.05, 4.69) is 20.6 Å². The average Bonchev–Trinajstić information content (AvgIpc) is 3.49. The summed E-state index contributed by atoms with van der Waals surface area (Å²) < 4.78 is 12.8. The number of ether oxygens (including phenoxy) is 1. The van der Waals surface area contributed by atoms with E-state index in [-0.39, 0.29) is 11.9 Å². The van der Waals surface area contributed by atoms with Crippen LogP contribution in [0.25, 0.3) is 22.4 Å². The Morgan fingerprint density at radius 1 is 1.30 bits per heavy atom. The molecule has 1 aliphatic carbocycles. The van der Waals surface area contributed by atoms with Crippen molar-refractivity contribution in [1.82, 2.24) is 25.2 Å². The largest absolute Gasteiger partial charge is 0.497 e. The van der Waals surface area contributed by atoms with Gasteiger partial charge in [0.2, 0.25) is 0 Å². The zero-order valence-electron chi connectivity index (χ0n) is 19.3. The standard InChI is InChI=1S/C25H27N5O3/c1-5-30-15(3)20(13-26-30)14(2)27-24(31)19-12-21(16-6-7-16)28-25-22(19)23(29-33-25)17-8-10-18(32-4)11-9-17/h8-14,16H,5-7H2,1-4H3,(H,27,31)/t14-/m0/s1. The number of benzene rings is 1. The van der Waals surface area contributed by atoms with Crippen LogP contribution in [0.2, 0.25) is 0 Å². The van der Waals surface area contributed by atoms with Crippen molar-refractivity contribution < 1.29 is 14.1 Å². The van der Waals surface area contributed by atoms with Crippen molar-refractivity contribution in [2.24, 2.45) is 0 Å². The molecule has 1 saturated carbocycles. The summed E-state index contributed by atoms with van der Waals surface area (Å²) in [7, 11) is 1.62. The highest BCUT2D eigenvalue weighted by atomic mass is 16.5. The number of pyridine rings is 1. The highest BCUT2D eigenvalue weighted by Gasteiger charge is 2.30. The topological polar surface area (TPSA) is 95.1 Å². The number of fused-ring (bicyclic) bond motifs is 1. The molecule has 1 aliphatic rings. The first-order chi connectivity index (χ1) is 16.0. The molecule has 0 spiro atoms. The third-order valence-corrected chi connectivity index (χ3v) is 6.32. The van der Waals surface area contributed by atoms with Crippen molar-refractivity contribution in [3.8, 4) is 17.0 Å². The lowest BCUT2D eigenvalue weighted by atomic mass is 10.0. The summed E-state index contributed by atoms with van der Waals surface area (Å²) in [5, 5.41) is 12.5. The number of methoxy groups -OCH3 is 1. The van der Waals surface area contributed by atoms with E-state index in [1.807, 2.05) is 62.0 Å². The van der Waals surface area contributed by atoms with Crippen LogP contribution in [0.3, 0.4) is 0 Å². The van der Waals surface area contributed by atoms with Crippen LogP contribution >= 0.6 is 0 Å². The number of carbonyl (C=O) groups excluding carboxylic acids is 1. The molecule has 8 nitrogen and oxygen atoms in total. The molecule has 1 amide bonds. The van der Waals surface area contributed by atoms with Crippen LogP contribution in [-0.4, -0.2) is 32.9 Å². The lowest BCUT2D eigenvalue weighted by Gasteiger charge is -2.15. The summed E-state index contributed by atoms with van der Waals surface area (Å²) in [5.74, 6) is 0.937.